The van der Waals surface area contributed by atoms with Gasteiger partial charge in [-0.2, -0.15) is 5.10 Å². The Bertz CT molecular complexity index is 1210. The molecule has 31 heavy (non-hydrogen) atoms. The second kappa shape index (κ2) is 7.03. The minimum absolute atomic E-state index is 0.0315. The van der Waals surface area contributed by atoms with Crippen molar-refractivity contribution < 1.29 is 13.7 Å². The lowest BCUT2D eigenvalue weighted by Crippen LogP contribution is -2.23. The molecule has 3 heterocycles. The third-order valence-corrected chi connectivity index (χ3v) is 7.99. The fourth-order valence-electron chi connectivity index (χ4n) is 4.87. The Morgan fingerprint density at radius 2 is 2.16 bits per heavy atom. The molecule has 2 aliphatic carbocycles. The van der Waals surface area contributed by atoms with Gasteiger partial charge in [-0.15, -0.1) is 4.36 Å². The number of pyridine rings is 1. The summed E-state index contributed by atoms with van der Waals surface area (Å²) in [7, 11) is -3.51. The first-order chi connectivity index (χ1) is 14.7. The number of nitrogens with one attached hydrogen (secondary N) is 1. The molecule has 0 saturated carbocycles. The van der Waals surface area contributed by atoms with Crippen molar-refractivity contribution in [2.75, 3.05) is 11.9 Å². The molecular formula is C21H28N6O3S. The first kappa shape index (κ1) is 20.4. The molecule has 1 aliphatic heterocycles. The van der Waals surface area contributed by atoms with E-state index in [1.54, 1.807) is 4.68 Å². The number of anilines is 1. The largest absolute Gasteiger partial charge is 0.477 e. The van der Waals surface area contributed by atoms with Gasteiger partial charge in [-0.05, 0) is 50.2 Å². The molecule has 0 fully saturated rings. The van der Waals surface area contributed by atoms with Crippen LogP contribution in [0.3, 0.4) is 0 Å². The number of amides is 2. The Morgan fingerprint density at radius 1 is 1.35 bits per heavy atom. The number of nitrogens with zero attached hydrogens (tertiary/aromatic N) is 4. The van der Waals surface area contributed by atoms with Crippen LogP contribution in [0.1, 0.15) is 68.6 Å². The molecule has 5 rings (SSSR count). The summed E-state index contributed by atoms with van der Waals surface area (Å²) in [5.41, 5.74) is 4.99. The third kappa shape index (κ3) is 3.32. The van der Waals surface area contributed by atoms with Crippen molar-refractivity contribution in [2.24, 2.45) is 9.50 Å². The average Bonchev–Trinajstić information content (AvgIpc) is 3.40. The van der Waals surface area contributed by atoms with E-state index in [-0.39, 0.29) is 16.4 Å². The van der Waals surface area contributed by atoms with Crippen molar-refractivity contribution in [1.29, 1.82) is 0 Å². The minimum Gasteiger partial charge on any atom is -0.477 e. The topological polar surface area (TPSA) is 124 Å². The van der Waals surface area contributed by atoms with Crippen molar-refractivity contribution in [3.05, 3.63) is 28.7 Å². The lowest BCUT2D eigenvalue weighted by molar-refractivity contribution is 0.196. The molecule has 0 radical (unpaired) electrons. The Kier molecular flexibility index (Phi) is 4.63. The first-order valence-corrected chi connectivity index (χ1v) is 12.4. The normalized spacial score (nSPS) is 22.6. The van der Waals surface area contributed by atoms with Crippen molar-refractivity contribution in [1.82, 2.24) is 14.8 Å². The van der Waals surface area contributed by atoms with Gasteiger partial charge in [0.15, 0.2) is 9.92 Å². The molecule has 9 nitrogen and oxygen atoms in total. The standard InChI is InChI=1S/C21H28N6O3S/c1-12-8-10-30-19-16(11-23-27(12)19)31(22,29)26-20(28)25-17-13-5-4-6-15(13)24-18-14(17)7-9-21(18,2)3/h11-12H,4-10H2,1-3H3,(H3,22,24,25,26,28,29). The van der Waals surface area contributed by atoms with E-state index in [1.807, 2.05) is 6.92 Å². The summed E-state index contributed by atoms with van der Waals surface area (Å²) in [5, 5.41) is 13.2. The van der Waals surface area contributed by atoms with Crippen LogP contribution in [0.5, 0.6) is 5.88 Å². The van der Waals surface area contributed by atoms with E-state index in [2.05, 4.69) is 28.6 Å². The summed E-state index contributed by atoms with van der Waals surface area (Å²) < 4.78 is 24.4. The van der Waals surface area contributed by atoms with Gasteiger partial charge in [0.2, 0.25) is 5.88 Å². The van der Waals surface area contributed by atoms with Crippen LogP contribution in [-0.4, -0.2) is 31.6 Å². The van der Waals surface area contributed by atoms with E-state index in [9.17, 15) is 9.00 Å². The van der Waals surface area contributed by atoms with Crippen molar-refractivity contribution in [3.63, 3.8) is 0 Å². The van der Waals surface area contributed by atoms with Crippen LogP contribution in [-0.2, 0) is 34.6 Å². The van der Waals surface area contributed by atoms with Crippen molar-refractivity contribution in [3.8, 4) is 5.88 Å². The van der Waals surface area contributed by atoms with Gasteiger partial charge in [-0.1, -0.05) is 13.8 Å². The number of hydrogen-bond acceptors (Lipinski definition) is 5. The summed E-state index contributed by atoms with van der Waals surface area (Å²) in [4.78, 5) is 18.0. The van der Waals surface area contributed by atoms with Crippen LogP contribution in [0.25, 0.3) is 0 Å². The molecule has 2 amide bonds. The highest BCUT2D eigenvalue weighted by molar-refractivity contribution is 7.91. The number of urea groups is 1. The molecule has 2 atom stereocenters. The molecule has 0 spiro atoms. The van der Waals surface area contributed by atoms with Gasteiger partial charge in [-0.25, -0.2) is 18.8 Å². The highest BCUT2D eigenvalue weighted by Crippen LogP contribution is 2.44. The van der Waals surface area contributed by atoms with E-state index >= 15 is 0 Å². The van der Waals surface area contributed by atoms with E-state index in [1.165, 1.54) is 6.20 Å². The SMILES string of the molecule is CC1CCOc2c(S(N)(=O)=NC(=O)Nc3c4c(nc5c3CCC5(C)C)CCC4)cnn21. The number of aromatic nitrogens is 3. The second-order valence-electron chi connectivity index (χ2n) is 9.31. The van der Waals surface area contributed by atoms with Crippen LogP contribution in [0.2, 0.25) is 0 Å². The summed E-state index contributed by atoms with van der Waals surface area (Å²) in [6, 6.07) is -0.615. The summed E-state index contributed by atoms with van der Waals surface area (Å²) >= 11 is 0. The molecule has 0 bridgehead atoms. The van der Waals surface area contributed by atoms with Crippen molar-refractivity contribution >= 4 is 21.6 Å². The first-order valence-electron chi connectivity index (χ1n) is 10.8. The average molecular weight is 445 g/mol. The molecule has 0 saturated heterocycles. The van der Waals surface area contributed by atoms with E-state index in [4.69, 9.17) is 14.9 Å². The van der Waals surface area contributed by atoms with E-state index in [0.29, 0.717) is 12.5 Å². The van der Waals surface area contributed by atoms with Gasteiger partial charge >= 0.3 is 6.03 Å². The Balaban J connectivity index is 1.51. The molecule has 2 aromatic heterocycles. The summed E-state index contributed by atoms with van der Waals surface area (Å²) in [6.45, 7) is 6.84. The van der Waals surface area contributed by atoms with Crippen LogP contribution < -0.4 is 15.2 Å². The van der Waals surface area contributed by atoms with Gasteiger partial charge in [0, 0.05) is 17.5 Å². The van der Waals surface area contributed by atoms with Crippen LogP contribution >= 0.6 is 0 Å². The predicted molar refractivity (Wildman–Crippen MR) is 117 cm³/mol. The van der Waals surface area contributed by atoms with Gasteiger partial charge in [0.1, 0.15) is 4.90 Å². The molecular weight excluding hydrogens is 416 g/mol. The molecule has 166 valence electrons. The van der Waals surface area contributed by atoms with Gasteiger partial charge in [0.25, 0.3) is 0 Å². The lowest BCUT2D eigenvalue weighted by atomic mass is 9.90. The second-order valence-corrected chi connectivity index (χ2v) is 11.1. The maximum absolute atomic E-state index is 13.2. The van der Waals surface area contributed by atoms with Crippen LogP contribution in [0, 0.1) is 0 Å². The third-order valence-electron chi connectivity index (χ3n) is 6.64. The zero-order valence-electron chi connectivity index (χ0n) is 18.1. The molecule has 10 heteroatoms. The predicted octanol–water partition coefficient (Wildman–Crippen LogP) is 3.27. The van der Waals surface area contributed by atoms with Crippen LogP contribution in [0.4, 0.5) is 10.5 Å². The Morgan fingerprint density at radius 3 is 2.97 bits per heavy atom. The molecule has 0 aromatic carbocycles. The smallest absolute Gasteiger partial charge is 0.354 e. The summed E-state index contributed by atoms with van der Waals surface area (Å²) in [6.07, 6.45) is 6.80. The maximum atomic E-state index is 13.2. The van der Waals surface area contributed by atoms with E-state index in [0.717, 1.165) is 66.7 Å². The minimum atomic E-state index is -3.51. The molecule has 3 N–H and O–H groups in total. The molecule has 3 aliphatic rings. The Hall–Kier alpha value is -2.46. The number of carbonyl (C=O) groups excluding carboxylic acids is 1. The zero-order chi connectivity index (χ0) is 22.0. The number of hydrogen-bond donors (Lipinski definition) is 2. The lowest BCUT2D eigenvalue weighted by Gasteiger charge is -2.22. The Labute approximate surface area is 182 Å². The van der Waals surface area contributed by atoms with Crippen molar-refractivity contribution in [2.45, 2.75) is 75.6 Å². The van der Waals surface area contributed by atoms with Gasteiger partial charge in [0.05, 0.1) is 30.2 Å². The number of fused-ring (bicyclic) bond motifs is 3. The van der Waals surface area contributed by atoms with E-state index < -0.39 is 15.9 Å². The number of ether oxygens (including phenoxy) is 1. The highest BCUT2D eigenvalue weighted by Gasteiger charge is 2.36. The molecule has 2 aromatic rings. The molecule has 2 unspecified atom stereocenters. The number of aryl methyl sites for hydroxylation is 1. The van der Waals surface area contributed by atoms with Gasteiger partial charge in [-0.3, -0.25) is 4.98 Å². The fourth-order valence-corrected chi connectivity index (χ4v) is 5.86. The fraction of sp³-hybridized carbons (Fsp3) is 0.571. The summed E-state index contributed by atoms with van der Waals surface area (Å²) in [5.74, 6) is 0.329. The monoisotopic (exact) mass is 444 g/mol. The number of rotatable bonds is 2. The van der Waals surface area contributed by atoms with Gasteiger partial charge < -0.3 is 10.1 Å². The quantitative estimate of drug-likeness (QED) is 0.735. The zero-order valence-corrected chi connectivity index (χ0v) is 18.9. The number of carbonyl (C=O) groups is 1. The maximum Gasteiger partial charge on any atom is 0.354 e. The number of nitrogens with two attached hydrogens (primary N) is 1. The van der Waals surface area contributed by atoms with Crippen LogP contribution in [0.15, 0.2) is 15.5 Å². The highest BCUT2D eigenvalue weighted by atomic mass is 32.2.